The monoisotopic (exact) mass is 251 g/mol. The number of hydrogen-bond donors (Lipinski definition) is 1. The van der Waals surface area contributed by atoms with Gasteiger partial charge >= 0.3 is 0 Å². The molecule has 0 fully saturated rings. The fourth-order valence-electron chi connectivity index (χ4n) is 2.52. The van der Waals surface area contributed by atoms with E-state index in [-0.39, 0.29) is 0 Å². The van der Waals surface area contributed by atoms with Crippen LogP contribution in [0.4, 0.5) is 11.4 Å². The van der Waals surface area contributed by atoms with Crippen molar-refractivity contribution in [2.75, 3.05) is 11.4 Å². The molecule has 0 bridgehead atoms. The fourth-order valence-corrected chi connectivity index (χ4v) is 2.52. The highest BCUT2D eigenvalue weighted by molar-refractivity contribution is 5.92. The number of para-hydroxylation sites is 1. The Kier molecular flexibility index (Phi) is 2.95. The van der Waals surface area contributed by atoms with Gasteiger partial charge in [0.25, 0.3) is 0 Å². The summed E-state index contributed by atoms with van der Waals surface area (Å²) in [6.45, 7) is 5.24. The number of pyridine rings is 1. The molecule has 0 saturated heterocycles. The van der Waals surface area contributed by atoms with Gasteiger partial charge in [0.2, 0.25) is 0 Å². The molecule has 0 aliphatic carbocycles. The van der Waals surface area contributed by atoms with Crippen LogP contribution < -0.4 is 4.90 Å². The van der Waals surface area contributed by atoms with Gasteiger partial charge in [-0.05, 0) is 37.6 Å². The molecule has 0 aliphatic heterocycles. The van der Waals surface area contributed by atoms with Gasteiger partial charge in [-0.15, -0.1) is 0 Å². The van der Waals surface area contributed by atoms with E-state index in [1.165, 1.54) is 16.9 Å². The summed E-state index contributed by atoms with van der Waals surface area (Å²) in [6, 6.07) is 12.6. The number of fused-ring (bicyclic) bond motifs is 1. The maximum absolute atomic E-state index is 4.35. The van der Waals surface area contributed by atoms with Gasteiger partial charge in [-0.2, -0.15) is 0 Å². The summed E-state index contributed by atoms with van der Waals surface area (Å²) >= 11 is 0. The molecule has 3 aromatic rings. The van der Waals surface area contributed by atoms with Gasteiger partial charge in [-0.25, -0.2) is 4.98 Å². The highest BCUT2D eigenvalue weighted by Crippen LogP contribution is 2.32. The number of H-pyrrole nitrogens is 1. The molecule has 0 spiro atoms. The summed E-state index contributed by atoms with van der Waals surface area (Å²) in [5, 5.41) is 1.16. The molecule has 0 atom stereocenters. The first kappa shape index (κ1) is 11.8. The van der Waals surface area contributed by atoms with Crippen molar-refractivity contribution in [1.29, 1.82) is 0 Å². The molecule has 1 aromatic carbocycles. The molecular formula is C16H17N3. The van der Waals surface area contributed by atoms with Gasteiger partial charge in [0, 0.05) is 30.0 Å². The Balaban J connectivity index is 2.18. The zero-order valence-electron chi connectivity index (χ0n) is 11.2. The van der Waals surface area contributed by atoms with E-state index in [4.69, 9.17) is 0 Å². The number of aromatic amines is 1. The van der Waals surface area contributed by atoms with Gasteiger partial charge in [0.05, 0.1) is 5.69 Å². The molecule has 0 aliphatic rings. The van der Waals surface area contributed by atoms with Gasteiger partial charge in [0.1, 0.15) is 5.65 Å². The lowest BCUT2D eigenvalue weighted by molar-refractivity contribution is 1.02. The Morgan fingerprint density at radius 3 is 2.74 bits per heavy atom. The first-order valence-electron chi connectivity index (χ1n) is 6.56. The summed E-state index contributed by atoms with van der Waals surface area (Å²) < 4.78 is 0. The molecule has 3 nitrogen and oxygen atoms in total. The van der Waals surface area contributed by atoms with Crippen LogP contribution in [0.3, 0.4) is 0 Å². The van der Waals surface area contributed by atoms with Crippen molar-refractivity contribution >= 4 is 22.4 Å². The number of aryl methyl sites for hydroxylation is 1. The van der Waals surface area contributed by atoms with Gasteiger partial charge in [-0.3, -0.25) is 0 Å². The van der Waals surface area contributed by atoms with Gasteiger partial charge in [-0.1, -0.05) is 18.2 Å². The molecule has 1 N–H and O–H groups in total. The van der Waals surface area contributed by atoms with Gasteiger partial charge in [0.15, 0.2) is 0 Å². The number of benzene rings is 1. The van der Waals surface area contributed by atoms with E-state index in [1.807, 2.05) is 12.4 Å². The van der Waals surface area contributed by atoms with E-state index in [1.54, 1.807) is 0 Å². The summed E-state index contributed by atoms with van der Waals surface area (Å²) in [5.74, 6) is 0. The largest absolute Gasteiger partial charge is 0.346 e. The number of nitrogens with one attached hydrogen (secondary N) is 1. The average molecular weight is 251 g/mol. The standard InChI is InChI=1S/C16H17N3/c1-3-19(14-7-5-4-6-12(14)2)15-9-11-18-16-13(15)8-10-17-16/h4-11H,3H2,1-2H3,(H,17,18). The molecule has 0 saturated carbocycles. The topological polar surface area (TPSA) is 31.9 Å². The summed E-state index contributed by atoms with van der Waals surface area (Å²) in [4.78, 5) is 9.85. The van der Waals surface area contributed by atoms with Crippen molar-refractivity contribution in [1.82, 2.24) is 9.97 Å². The molecular weight excluding hydrogens is 234 g/mol. The van der Waals surface area contributed by atoms with Crippen molar-refractivity contribution in [2.24, 2.45) is 0 Å². The molecule has 3 heteroatoms. The zero-order chi connectivity index (χ0) is 13.2. The van der Waals surface area contributed by atoms with Crippen LogP contribution >= 0.6 is 0 Å². The Hall–Kier alpha value is -2.29. The normalized spacial score (nSPS) is 10.8. The van der Waals surface area contributed by atoms with Crippen molar-refractivity contribution in [3.8, 4) is 0 Å². The third-order valence-corrected chi connectivity index (χ3v) is 3.45. The van der Waals surface area contributed by atoms with E-state index in [9.17, 15) is 0 Å². The quantitative estimate of drug-likeness (QED) is 0.762. The smallest absolute Gasteiger partial charge is 0.139 e. The van der Waals surface area contributed by atoms with E-state index in [2.05, 4.69) is 65.1 Å². The van der Waals surface area contributed by atoms with Crippen LogP contribution in [0.1, 0.15) is 12.5 Å². The fraction of sp³-hybridized carbons (Fsp3) is 0.188. The Labute approximate surface area is 112 Å². The number of hydrogen-bond acceptors (Lipinski definition) is 2. The molecule has 0 radical (unpaired) electrons. The summed E-state index contributed by atoms with van der Waals surface area (Å²) in [5.41, 5.74) is 4.66. The number of rotatable bonds is 3. The van der Waals surface area contributed by atoms with Crippen LogP contribution in [-0.4, -0.2) is 16.5 Å². The minimum Gasteiger partial charge on any atom is -0.346 e. The highest BCUT2D eigenvalue weighted by Gasteiger charge is 2.13. The Morgan fingerprint density at radius 1 is 1.11 bits per heavy atom. The number of aromatic nitrogens is 2. The highest BCUT2D eigenvalue weighted by atomic mass is 15.1. The van der Waals surface area contributed by atoms with Crippen LogP contribution in [0, 0.1) is 6.92 Å². The second-order valence-corrected chi connectivity index (χ2v) is 4.60. The van der Waals surface area contributed by atoms with Crippen molar-refractivity contribution in [2.45, 2.75) is 13.8 Å². The van der Waals surface area contributed by atoms with Crippen molar-refractivity contribution in [3.63, 3.8) is 0 Å². The molecule has 0 amide bonds. The van der Waals surface area contributed by atoms with E-state index < -0.39 is 0 Å². The minimum absolute atomic E-state index is 0.926. The first-order valence-corrected chi connectivity index (χ1v) is 6.56. The van der Waals surface area contributed by atoms with Crippen LogP contribution in [-0.2, 0) is 0 Å². The van der Waals surface area contributed by atoms with E-state index in [0.717, 1.165) is 17.6 Å². The lowest BCUT2D eigenvalue weighted by Crippen LogP contribution is -2.17. The lowest BCUT2D eigenvalue weighted by atomic mass is 10.1. The summed E-state index contributed by atoms with van der Waals surface area (Å²) in [7, 11) is 0. The van der Waals surface area contributed by atoms with Crippen molar-refractivity contribution < 1.29 is 0 Å². The third-order valence-electron chi connectivity index (χ3n) is 3.45. The zero-order valence-corrected chi connectivity index (χ0v) is 11.2. The molecule has 2 heterocycles. The predicted octanol–water partition coefficient (Wildman–Crippen LogP) is 4.03. The molecule has 2 aromatic heterocycles. The van der Waals surface area contributed by atoms with Crippen LogP contribution in [0.5, 0.6) is 0 Å². The van der Waals surface area contributed by atoms with Crippen molar-refractivity contribution in [3.05, 3.63) is 54.4 Å². The van der Waals surface area contributed by atoms with Crippen LogP contribution in [0.15, 0.2) is 48.8 Å². The molecule has 0 unspecified atom stereocenters. The number of anilines is 2. The first-order chi connectivity index (χ1) is 9.31. The van der Waals surface area contributed by atoms with Gasteiger partial charge < -0.3 is 9.88 Å². The van der Waals surface area contributed by atoms with Crippen LogP contribution in [0.25, 0.3) is 11.0 Å². The molecule has 19 heavy (non-hydrogen) atoms. The average Bonchev–Trinajstić information content (AvgIpc) is 2.91. The SMILES string of the molecule is CCN(c1ccccc1C)c1ccnc2[nH]ccc12. The van der Waals surface area contributed by atoms with E-state index >= 15 is 0 Å². The van der Waals surface area contributed by atoms with Crippen LogP contribution in [0.2, 0.25) is 0 Å². The Bertz CT molecular complexity index is 700. The Morgan fingerprint density at radius 2 is 1.95 bits per heavy atom. The number of nitrogens with zero attached hydrogens (tertiary/aromatic N) is 2. The third kappa shape index (κ3) is 1.97. The minimum atomic E-state index is 0.926. The maximum Gasteiger partial charge on any atom is 0.139 e. The molecule has 3 rings (SSSR count). The molecule has 96 valence electrons. The van der Waals surface area contributed by atoms with E-state index in [0.29, 0.717) is 0 Å². The maximum atomic E-state index is 4.35. The summed E-state index contributed by atoms with van der Waals surface area (Å²) in [6.07, 6.45) is 3.79. The second kappa shape index (κ2) is 4.76. The predicted molar refractivity (Wildman–Crippen MR) is 80.0 cm³/mol. The lowest BCUT2D eigenvalue weighted by Gasteiger charge is -2.25. The second-order valence-electron chi connectivity index (χ2n) is 4.60.